The first-order chi connectivity index (χ1) is 7.83. The van der Waals surface area contributed by atoms with Gasteiger partial charge in [0, 0.05) is 12.1 Å². The molecule has 0 amide bonds. The maximum Gasteiger partial charge on any atom is 0.416 e. The van der Waals surface area contributed by atoms with Gasteiger partial charge in [-0.3, -0.25) is 0 Å². The molecule has 1 aromatic carbocycles. The smallest absolute Gasteiger partial charge is 0.396 e. The van der Waals surface area contributed by atoms with Crippen molar-refractivity contribution < 1.29 is 18.3 Å². The third kappa shape index (κ3) is 3.20. The first-order valence-electron chi connectivity index (χ1n) is 5.31. The quantitative estimate of drug-likeness (QED) is 0.857. The van der Waals surface area contributed by atoms with Crippen molar-refractivity contribution in [2.24, 2.45) is 0 Å². The van der Waals surface area contributed by atoms with Crippen molar-refractivity contribution >= 4 is 0 Å². The molecule has 0 aliphatic carbocycles. The van der Waals surface area contributed by atoms with E-state index < -0.39 is 17.3 Å². The van der Waals surface area contributed by atoms with Gasteiger partial charge in [-0.05, 0) is 38.1 Å². The number of halogens is 3. The maximum absolute atomic E-state index is 12.4. The molecule has 1 aromatic rings. The van der Waals surface area contributed by atoms with Crippen molar-refractivity contribution in [2.75, 3.05) is 13.7 Å². The molecule has 1 unspecified atom stereocenters. The largest absolute Gasteiger partial charge is 0.416 e. The molecule has 1 atom stereocenters. The molecular formula is C12H16F3NO. The zero-order chi connectivity index (χ0) is 13.1. The lowest BCUT2D eigenvalue weighted by molar-refractivity contribution is -0.137. The zero-order valence-corrected chi connectivity index (χ0v) is 9.80. The van der Waals surface area contributed by atoms with E-state index in [0.29, 0.717) is 6.42 Å². The van der Waals surface area contributed by atoms with E-state index in [4.69, 9.17) is 5.11 Å². The Kier molecular flexibility index (Phi) is 4.16. The minimum Gasteiger partial charge on any atom is -0.396 e. The average Bonchev–Trinajstić information content (AvgIpc) is 2.28. The summed E-state index contributed by atoms with van der Waals surface area (Å²) >= 11 is 0. The first kappa shape index (κ1) is 14.0. The summed E-state index contributed by atoms with van der Waals surface area (Å²) < 4.78 is 37.2. The summed E-state index contributed by atoms with van der Waals surface area (Å²) in [5.74, 6) is 0. The molecule has 0 saturated carbocycles. The summed E-state index contributed by atoms with van der Waals surface area (Å²) in [6, 6.07) is 4.99. The summed E-state index contributed by atoms with van der Waals surface area (Å²) in [5.41, 5.74) is -0.454. The lowest BCUT2D eigenvalue weighted by Crippen LogP contribution is -2.37. The third-order valence-corrected chi connectivity index (χ3v) is 3.01. The molecule has 0 aromatic heterocycles. The Bertz CT molecular complexity index is 361. The van der Waals surface area contributed by atoms with Crippen LogP contribution in [-0.4, -0.2) is 18.8 Å². The highest BCUT2D eigenvalue weighted by atomic mass is 19.4. The summed E-state index contributed by atoms with van der Waals surface area (Å²) in [4.78, 5) is 0. The standard InChI is InChI=1S/C12H16F3NO/c1-11(16-2,7-8-17)9-3-5-10(6-4-9)12(13,14)15/h3-6,16-17H,7-8H2,1-2H3. The SMILES string of the molecule is CNC(C)(CCO)c1ccc(C(F)(F)F)cc1. The van der Waals surface area contributed by atoms with Crippen molar-refractivity contribution in [3.05, 3.63) is 35.4 Å². The van der Waals surface area contributed by atoms with Gasteiger partial charge in [0.1, 0.15) is 0 Å². The summed E-state index contributed by atoms with van der Waals surface area (Å²) in [6.07, 6.45) is -3.87. The van der Waals surface area contributed by atoms with Gasteiger partial charge in [-0.1, -0.05) is 12.1 Å². The van der Waals surface area contributed by atoms with Crippen molar-refractivity contribution in [3.63, 3.8) is 0 Å². The third-order valence-electron chi connectivity index (χ3n) is 3.01. The zero-order valence-electron chi connectivity index (χ0n) is 9.80. The molecule has 0 saturated heterocycles. The lowest BCUT2D eigenvalue weighted by Gasteiger charge is -2.29. The molecule has 0 bridgehead atoms. The normalized spacial score (nSPS) is 15.6. The minimum atomic E-state index is -4.31. The van der Waals surface area contributed by atoms with Crippen LogP contribution in [-0.2, 0) is 11.7 Å². The van der Waals surface area contributed by atoms with Crippen LogP contribution in [0.3, 0.4) is 0 Å². The second kappa shape index (κ2) is 5.06. The van der Waals surface area contributed by atoms with Crippen LogP contribution < -0.4 is 5.32 Å². The van der Waals surface area contributed by atoms with E-state index in [9.17, 15) is 13.2 Å². The predicted octanol–water partition coefficient (Wildman–Crippen LogP) is 2.52. The summed E-state index contributed by atoms with van der Waals surface area (Å²) in [7, 11) is 1.72. The molecule has 0 fully saturated rings. The minimum absolute atomic E-state index is 0.0294. The number of hydrogen-bond acceptors (Lipinski definition) is 2. The fourth-order valence-electron chi connectivity index (χ4n) is 1.66. The van der Waals surface area contributed by atoms with Crippen LogP contribution >= 0.6 is 0 Å². The van der Waals surface area contributed by atoms with Gasteiger partial charge in [-0.25, -0.2) is 0 Å². The number of nitrogens with one attached hydrogen (secondary N) is 1. The molecule has 0 aliphatic rings. The van der Waals surface area contributed by atoms with Crippen LogP contribution in [0.2, 0.25) is 0 Å². The number of rotatable bonds is 4. The average molecular weight is 247 g/mol. The lowest BCUT2D eigenvalue weighted by atomic mass is 9.88. The van der Waals surface area contributed by atoms with Crippen LogP contribution in [0.4, 0.5) is 13.2 Å². The monoisotopic (exact) mass is 247 g/mol. The molecular weight excluding hydrogens is 231 g/mol. The summed E-state index contributed by atoms with van der Waals surface area (Å²) in [5, 5.41) is 12.0. The van der Waals surface area contributed by atoms with Gasteiger partial charge >= 0.3 is 6.18 Å². The second-order valence-electron chi connectivity index (χ2n) is 4.13. The van der Waals surface area contributed by atoms with E-state index >= 15 is 0 Å². The first-order valence-corrected chi connectivity index (χ1v) is 5.31. The number of hydrogen-bond donors (Lipinski definition) is 2. The summed E-state index contributed by atoms with van der Waals surface area (Å²) in [6.45, 7) is 1.81. The van der Waals surface area contributed by atoms with Crippen molar-refractivity contribution in [3.8, 4) is 0 Å². The van der Waals surface area contributed by atoms with E-state index in [-0.39, 0.29) is 6.61 Å². The van der Waals surface area contributed by atoms with Gasteiger partial charge in [0.2, 0.25) is 0 Å². The molecule has 0 radical (unpaired) electrons. The van der Waals surface area contributed by atoms with Gasteiger partial charge in [0.05, 0.1) is 5.56 Å². The fourth-order valence-corrected chi connectivity index (χ4v) is 1.66. The van der Waals surface area contributed by atoms with Crippen molar-refractivity contribution in [1.82, 2.24) is 5.32 Å². The molecule has 2 nitrogen and oxygen atoms in total. The Morgan fingerprint density at radius 3 is 1.94 bits per heavy atom. The van der Waals surface area contributed by atoms with Crippen molar-refractivity contribution in [1.29, 1.82) is 0 Å². The maximum atomic E-state index is 12.4. The van der Waals surface area contributed by atoms with E-state index in [0.717, 1.165) is 17.7 Å². The number of alkyl halides is 3. The molecule has 0 spiro atoms. The van der Waals surface area contributed by atoms with E-state index in [1.807, 2.05) is 6.92 Å². The van der Waals surface area contributed by atoms with E-state index in [1.54, 1.807) is 7.05 Å². The Morgan fingerprint density at radius 2 is 1.59 bits per heavy atom. The van der Waals surface area contributed by atoms with E-state index in [1.165, 1.54) is 12.1 Å². The molecule has 17 heavy (non-hydrogen) atoms. The van der Waals surface area contributed by atoms with Crippen molar-refractivity contribution in [2.45, 2.75) is 25.1 Å². The van der Waals surface area contributed by atoms with Gasteiger partial charge < -0.3 is 10.4 Å². The Hall–Kier alpha value is -1.07. The van der Waals surface area contributed by atoms with Gasteiger partial charge in [-0.2, -0.15) is 13.2 Å². The molecule has 5 heteroatoms. The predicted molar refractivity (Wildman–Crippen MR) is 59.6 cm³/mol. The highest BCUT2D eigenvalue weighted by Gasteiger charge is 2.31. The van der Waals surface area contributed by atoms with E-state index in [2.05, 4.69) is 5.32 Å². The molecule has 0 heterocycles. The van der Waals surface area contributed by atoms with Gasteiger partial charge in [0.25, 0.3) is 0 Å². The topological polar surface area (TPSA) is 32.3 Å². The molecule has 96 valence electrons. The Morgan fingerprint density at radius 1 is 1.12 bits per heavy atom. The highest BCUT2D eigenvalue weighted by Crippen LogP contribution is 2.31. The molecule has 2 N–H and O–H groups in total. The number of aliphatic hydroxyl groups excluding tert-OH is 1. The van der Waals surface area contributed by atoms with Gasteiger partial charge in [0.15, 0.2) is 0 Å². The van der Waals surface area contributed by atoms with Gasteiger partial charge in [-0.15, -0.1) is 0 Å². The van der Waals surface area contributed by atoms with Crippen LogP contribution in [0.15, 0.2) is 24.3 Å². The Labute approximate surface area is 98.5 Å². The Balaban J connectivity index is 3.01. The molecule has 1 rings (SSSR count). The van der Waals surface area contributed by atoms with Crippen LogP contribution in [0.25, 0.3) is 0 Å². The molecule has 0 aliphatic heterocycles. The number of benzene rings is 1. The highest BCUT2D eigenvalue weighted by molar-refractivity contribution is 5.29. The second-order valence-corrected chi connectivity index (χ2v) is 4.13. The van der Waals surface area contributed by atoms with Crippen LogP contribution in [0.1, 0.15) is 24.5 Å². The fraction of sp³-hybridized carbons (Fsp3) is 0.500. The van der Waals surface area contributed by atoms with Crippen LogP contribution in [0, 0.1) is 0 Å². The number of aliphatic hydroxyl groups is 1. The van der Waals surface area contributed by atoms with Crippen LogP contribution in [0.5, 0.6) is 0 Å².